The summed E-state index contributed by atoms with van der Waals surface area (Å²) in [6.07, 6.45) is 18.4. The van der Waals surface area contributed by atoms with Crippen LogP contribution in [0.2, 0.25) is 0 Å². The van der Waals surface area contributed by atoms with Gasteiger partial charge in [0.05, 0.1) is 14.2 Å². The van der Waals surface area contributed by atoms with Crippen LogP contribution in [-0.4, -0.2) is 20.2 Å². The maximum Gasteiger partial charge on any atom is 0.341 e. The van der Waals surface area contributed by atoms with Crippen LogP contribution in [0, 0.1) is 0 Å². The number of methoxy groups -OCH3 is 2. The molecule has 0 unspecified atom stereocenters. The Bertz CT molecular complexity index is 510. The number of aryl methyl sites for hydroxylation is 1. The maximum absolute atomic E-state index is 12.0. The van der Waals surface area contributed by atoms with Gasteiger partial charge in [-0.15, -0.1) is 0 Å². The standard InChI is InChI=1S/C24H40O3/c1-4-5-6-7-8-9-10-11-12-13-14-15-16-18-21-19-17-20-22(26-2)23(21)24(25)27-3/h17,19-20H,4-16,18H2,1-3H3. The number of benzene rings is 1. The fourth-order valence-electron chi connectivity index (χ4n) is 3.62. The molecule has 0 N–H and O–H groups in total. The highest BCUT2D eigenvalue weighted by Crippen LogP contribution is 2.25. The zero-order chi connectivity index (χ0) is 19.7. The van der Waals surface area contributed by atoms with Gasteiger partial charge in [-0.3, -0.25) is 0 Å². The summed E-state index contributed by atoms with van der Waals surface area (Å²) in [5.41, 5.74) is 1.62. The molecular weight excluding hydrogens is 336 g/mol. The number of unbranched alkanes of at least 4 members (excludes halogenated alkanes) is 12. The SMILES string of the molecule is CCCCCCCCCCCCCCCc1cccc(OC)c1C(=O)OC. The number of carbonyl (C=O) groups is 1. The van der Waals surface area contributed by atoms with Gasteiger partial charge in [-0.05, 0) is 24.5 Å². The number of ether oxygens (including phenoxy) is 2. The molecule has 0 heterocycles. The predicted molar refractivity (Wildman–Crippen MR) is 114 cm³/mol. The van der Waals surface area contributed by atoms with E-state index in [9.17, 15) is 4.79 Å². The minimum Gasteiger partial charge on any atom is -0.496 e. The van der Waals surface area contributed by atoms with Crippen molar-refractivity contribution in [2.75, 3.05) is 14.2 Å². The predicted octanol–water partition coefficient (Wildman–Crippen LogP) is 7.12. The third-order valence-electron chi connectivity index (χ3n) is 5.27. The van der Waals surface area contributed by atoms with Gasteiger partial charge in [0.15, 0.2) is 0 Å². The summed E-state index contributed by atoms with van der Waals surface area (Å²) in [5, 5.41) is 0. The summed E-state index contributed by atoms with van der Waals surface area (Å²) in [6, 6.07) is 5.78. The van der Waals surface area contributed by atoms with Crippen molar-refractivity contribution in [1.82, 2.24) is 0 Å². The first kappa shape index (κ1) is 23.5. The number of hydrogen-bond donors (Lipinski definition) is 0. The van der Waals surface area contributed by atoms with Crippen LogP contribution in [0.3, 0.4) is 0 Å². The lowest BCUT2D eigenvalue weighted by Crippen LogP contribution is -2.08. The molecule has 3 heteroatoms. The molecule has 0 amide bonds. The molecule has 27 heavy (non-hydrogen) atoms. The van der Waals surface area contributed by atoms with E-state index in [-0.39, 0.29) is 5.97 Å². The zero-order valence-corrected chi connectivity index (χ0v) is 17.9. The molecule has 1 aromatic rings. The summed E-state index contributed by atoms with van der Waals surface area (Å²) in [5.74, 6) is 0.297. The Morgan fingerprint density at radius 2 is 1.30 bits per heavy atom. The maximum atomic E-state index is 12.0. The summed E-state index contributed by atoms with van der Waals surface area (Å²) in [6.45, 7) is 2.27. The third-order valence-corrected chi connectivity index (χ3v) is 5.27. The lowest BCUT2D eigenvalue weighted by molar-refractivity contribution is 0.0595. The molecule has 1 aromatic carbocycles. The van der Waals surface area contributed by atoms with Gasteiger partial charge in [0.25, 0.3) is 0 Å². The highest BCUT2D eigenvalue weighted by molar-refractivity contribution is 5.94. The molecule has 154 valence electrons. The Labute approximate surface area is 166 Å². The number of rotatable bonds is 16. The Kier molecular flexibility index (Phi) is 13.5. The van der Waals surface area contributed by atoms with Gasteiger partial charge < -0.3 is 9.47 Å². The molecule has 0 aliphatic rings. The average molecular weight is 377 g/mol. The highest BCUT2D eigenvalue weighted by Gasteiger charge is 2.17. The van der Waals surface area contributed by atoms with Crippen LogP contribution in [0.25, 0.3) is 0 Å². The van der Waals surface area contributed by atoms with Crippen LogP contribution in [0.4, 0.5) is 0 Å². The second kappa shape index (κ2) is 15.5. The fourth-order valence-corrected chi connectivity index (χ4v) is 3.62. The van der Waals surface area contributed by atoms with Crippen molar-refractivity contribution in [3.8, 4) is 5.75 Å². The minimum absolute atomic E-state index is 0.308. The van der Waals surface area contributed by atoms with Gasteiger partial charge in [-0.2, -0.15) is 0 Å². The lowest BCUT2D eigenvalue weighted by Gasteiger charge is -2.12. The molecule has 0 atom stereocenters. The van der Waals surface area contributed by atoms with E-state index in [0.717, 1.165) is 18.4 Å². The molecule has 1 rings (SSSR count). The Morgan fingerprint density at radius 3 is 1.78 bits per heavy atom. The second-order valence-corrected chi connectivity index (χ2v) is 7.48. The first-order chi connectivity index (χ1) is 13.2. The van der Waals surface area contributed by atoms with Gasteiger partial charge in [0, 0.05) is 0 Å². The van der Waals surface area contributed by atoms with Crippen molar-refractivity contribution in [3.05, 3.63) is 29.3 Å². The van der Waals surface area contributed by atoms with Crippen molar-refractivity contribution in [3.63, 3.8) is 0 Å². The van der Waals surface area contributed by atoms with Crippen LogP contribution in [0.15, 0.2) is 18.2 Å². The molecule has 0 fully saturated rings. The van der Waals surface area contributed by atoms with Gasteiger partial charge in [-0.25, -0.2) is 4.79 Å². The smallest absolute Gasteiger partial charge is 0.341 e. The van der Waals surface area contributed by atoms with Crippen LogP contribution in [0.5, 0.6) is 5.75 Å². The van der Waals surface area contributed by atoms with Crippen LogP contribution in [-0.2, 0) is 11.2 Å². The molecule has 0 saturated carbocycles. The van der Waals surface area contributed by atoms with Gasteiger partial charge >= 0.3 is 5.97 Å². The van der Waals surface area contributed by atoms with E-state index in [1.165, 1.54) is 84.2 Å². The molecule has 3 nitrogen and oxygen atoms in total. The van der Waals surface area contributed by atoms with Crippen molar-refractivity contribution >= 4 is 5.97 Å². The Morgan fingerprint density at radius 1 is 0.778 bits per heavy atom. The molecule has 0 bridgehead atoms. The van der Waals surface area contributed by atoms with E-state index in [1.54, 1.807) is 7.11 Å². The quantitative estimate of drug-likeness (QED) is 0.228. The summed E-state index contributed by atoms with van der Waals surface area (Å²) < 4.78 is 10.2. The molecule has 0 aliphatic carbocycles. The van der Waals surface area contributed by atoms with Crippen LogP contribution >= 0.6 is 0 Å². The molecule has 0 spiro atoms. The summed E-state index contributed by atoms with van der Waals surface area (Å²) in [4.78, 5) is 12.0. The zero-order valence-electron chi connectivity index (χ0n) is 17.9. The van der Waals surface area contributed by atoms with E-state index in [1.807, 2.05) is 18.2 Å². The van der Waals surface area contributed by atoms with E-state index in [2.05, 4.69) is 6.92 Å². The second-order valence-electron chi connectivity index (χ2n) is 7.48. The molecule has 0 saturated heterocycles. The van der Waals surface area contributed by atoms with Crippen LogP contribution in [0.1, 0.15) is 106 Å². The van der Waals surface area contributed by atoms with E-state index >= 15 is 0 Å². The average Bonchev–Trinajstić information content (AvgIpc) is 2.70. The molecular formula is C24H40O3. The van der Waals surface area contributed by atoms with Gasteiger partial charge in [0.2, 0.25) is 0 Å². The number of carbonyl (C=O) groups excluding carboxylic acids is 1. The first-order valence-electron chi connectivity index (χ1n) is 11.0. The molecule has 0 aromatic heterocycles. The van der Waals surface area contributed by atoms with Crippen LogP contribution < -0.4 is 4.74 Å². The van der Waals surface area contributed by atoms with Crippen molar-refractivity contribution < 1.29 is 14.3 Å². The molecule has 0 aliphatic heterocycles. The minimum atomic E-state index is -0.308. The first-order valence-corrected chi connectivity index (χ1v) is 11.0. The van der Waals surface area contributed by atoms with Crippen molar-refractivity contribution in [2.45, 2.75) is 96.8 Å². The largest absolute Gasteiger partial charge is 0.496 e. The topological polar surface area (TPSA) is 35.5 Å². The normalized spacial score (nSPS) is 10.8. The van der Waals surface area contributed by atoms with Gasteiger partial charge in [-0.1, -0.05) is 96.1 Å². The summed E-state index contributed by atoms with van der Waals surface area (Å²) >= 11 is 0. The fraction of sp³-hybridized carbons (Fsp3) is 0.708. The van der Waals surface area contributed by atoms with E-state index < -0.39 is 0 Å². The number of hydrogen-bond acceptors (Lipinski definition) is 3. The van der Waals surface area contributed by atoms with Crippen molar-refractivity contribution in [1.29, 1.82) is 0 Å². The molecule has 0 radical (unpaired) electrons. The third kappa shape index (κ3) is 9.83. The summed E-state index contributed by atoms with van der Waals surface area (Å²) in [7, 11) is 3.01. The monoisotopic (exact) mass is 376 g/mol. The Hall–Kier alpha value is -1.51. The van der Waals surface area contributed by atoms with E-state index in [0.29, 0.717) is 11.3 Å². The van der Waals surface area contributed by atoms with E-state index in [4.69, 9.17) is 9.47 Å². The van der Waals surface area contributed by atoms with Crippen molar-refractivity contribution in [2.24, 2.45) is 0 Å². The van der Waals surface area contributed by atoms with Gasteiger partial charge in [0.1, 0.15) is 11.3 Å². The highest BCUT2D eigenvalue weighted by atomic mass is 16.5. The number of esters is 1. The Balaban J connectivity index is 2.13. The lowest BCUT2D eigenvalue weighted by atomic mass is 9.99.